The van der Waals surface area contributed by atoms with Crippen LogP contribution in [0.4, 0.5) is 0 Å². The molecular weight excluding hydrogens is 316 g/mol. The number of fused-ring (bicyclic) bond motifs is 3. The Kier molecular flexibility index (Phi) is 3.63. The molecule has 0 saturated carbocycles. The molecule has 2 heterocycles. The second-order valence-corrected chi connectivity index (χ2v) is 8.08. The molecule has 0 unspecified atom stereocenters. The fraction of sp³-hybridized carbons (Fsp3) is 0.438. The molecule has 7 heteroatoms. The lowest BCUT2D eigenvalue weighted by Crippen LogP contribution is -2.55. The number of amides is 2. The van der Waals surface area contributed by atoms with E-state index in [2.05, 4.69) is 5.32 Å². The van der Waals surface area contributed by atoms with Crippen molar-refractivity contribution in [1.82, 2.24) is 10.2 Å². The number of thioether (sulfide) groups is 1. The first-order valence-corrected chi connectivity index (χ1v) is 8.24. The summed E-state index contributed by atoms with van der Waals surface area (Å²) < 4.78 is -0.504. The topological polar surface area (TPSA) is 86.7 Å². The van der Waals surface area contributed by atoms with Gasteiger partial charge in [0.15, 0.2) is 0 Å². The number of carboxylic acids is 1. The molecule has 0 aliphatic carbocycles. The number of hydrogen-bond acceptors (Lipinski definition) is 4. The molecule has 1 fully saturated rings. The van der Waals surface area contributed by atoms with Gasteiger partial charge in [-0.15, -0.1) is 11.8 Å². The molecule has 0 aromatic heterocycles. The number of hydrogen-bond donors (Lipinski definition) is 2. The van der Waals surface area contributed by atoms with Crippen LogP contribution in [0.1, 0.15) is 42.1 Å². The standard InChI is InChI=1S/C16H18N2O4S/c1-8(15(21)22)17-12(19)11-16(2,3)23-14-10-7-5-4-6-9(10)13(20)18(11)14/h4-8,11,14H,1-3H3,(H,17,19)(H,21,22)/t8-,11-,14+/m0/s1. The normalized spacial score (nSPS) is 25.7. The average Bonchev–Trinajstić information content (AvgIpc) is 2.90. The van der Waals surface area contributed by atoms with Crippen molar-refractivity contribution in [1.29, 1.82) is 0 Å². The highest BCUT2D eigenvalue weighted by atomic mass is 32.2. The van der Waals surface area contributed by atoms with Crippen molar-refractivity contribution in [3.8, 4) is 0 Å². The smallest absolute Gasteiger partial charge is 0.325 e. The van der Waals surface area contributed by atoms with Gasteiger partial charge in [0.05, 0.1) is 0 Å². The molecule has 23 heavy (non-hydrogen) atoms. The summed E-state index contributed by atoms with van der Waals surface area (Å²) in [7, 11) is 0. The second kappa shape index (κ2) is 5.26. The minimum Gasteiger partial charge on any atom is -0.480 e. The minimum absolute atomic E-state index is 0.174. The van der Waals surface area contributed by atoms with Gasteiger partial charge in [0.1, 0.15) is 17.5 Å². The van der Waals surface area contributed by atoms with Gasteiger partial charge in [-0.2, -0.15) is 0 Å². The van der Waals surface area contributed by atoms with Crippen molar-refractivity contribution in [2.45, 2.75) is 43.0 Å². The van der Waals surface area contributed by atoms with Gasteiger partial charge in [0.2, 0.25) is 5.91 Å². The van der Waals surface area contributed by atoms with Crippen LogP contribution in [0.5, 0.6) is 0 Å². The van der Waals surface area contributed by atoms with E-state index in [-0.39, 0.29) is 11.3 Å². The van der Waals surface area contributed by atoms with Crippen molar-refractivity contribution in [3.63, 3.8) is 0 Å². The Balaban J connectivity index is 1.94. The third-order valence-electron chi connectivity index (χ3n) is 4.27. The predicted molar refractivity (Wildman–Crippen MR) is 86.1 cm³/mol. The Labute approximate surface area is 138 Å². The Hall–Kier alpha value is -2.02. The first-order chi connectivity index (χ1) is 10.7. The number of nitrogens with zero attached hydrogens (tertiary/aromatic N) is 1. The van der Waals surface area contributed by atoms with Crippen molar-refractivity contribution in [2.75, 3.05) is 0 Å². The lowest BCUT2D eigenvalue weighted by atomic mass is 10.0. The highest BCUT2D eigenvalue weighted by Crippen LogP contribution is 2.56. The number of benzene rings is 1. The SMILES string of the molecule is C[C@H](NC(=O)[C@@H]1N2C(=O)c3ccccc3[C@H]2SC1(C)C)C(=O)O. The zero-order valence-corrected chi connectivity index (χ0v) is 13.9. The second-order valence-electron chi connectivity index (χ2n) is 6.34. The predicted octanol–water partition coefficient (Wildman–Crippen LogP) is 1.62. The van der Waals surface area contributed by atoms with Crippen molar-refractivity contribution in [3.05, 3.63) is 35.4 Å². The van der Waals surface area contributed by atoms with Gasteiger partial charge in [-0.3, -0.25) is 14.4 Å². The Bertz CT molecular complexity index is 703. The summed E-state index contributed by atoms with van der Waals surface area (Å²) in [6, 6.07) is 5.64. The van der Waals surface area contributed by atoms with Crippen LogP contribution in [-0.4, -0.2) is 44.6 Å². The highest BCUT2D eigenvalue weighted by Gasteiger charge is 2.57. The molecular formula is C16H18N2O4S. The molecule has 0 bridgehead atoms. The summed E-state index contributed by atoms with van der Waals surface area (Å²) in [6.45, 7) is 5.22. The van der Waals surface area contributed by atoms with Crippen LogP contribution in [0, 0.1) is 0 Å². The number of nitrogens with one attached hydrogen (secondary N) is 1. The van der Waals surface area contributed by atoms with E-state index >= 15 is 0 Å². The van der Waals surface area contributed by atoms with E-state index in [0.29, 0.717) is 5.56 Å². The molecule has 1 saturated heterocycles. The lowest BCUT2D eigenvalue weighted by Gasteiger charge is -2.30. The van der Waals surface area contributed by atoms with E-state index in [0.717, 1.165) is 5.56 Å². The summed E-state index contributed by atoms with van der Waals surface area (Å²) in [6.07, 6.45) is 0. The maximum atomic E-state index is 12.7. The van der Waals surface area contributed by atoms with Gasteiger partial charge in [0.25, 0.3) is 5.91 Å². The third-order valence-corrected chi connectivity index (χ3v) is 5.81. The average molecular weight is 334 g/mol. The summed E-state index contributed by atoms with van der Waals surface area (Å²) in [5, 5.41) is 11.3. The molecule has 6 nitrogen and oxygen atoms in total. The molecule has 2 N–H and O–H groups in total. The quantitative estimate of drug-likeness (QED) is 0.877. The third kappa shape index (κ3) is 2.39. The molecule has 0 spiro atoms. The van der Waals surface area contributed by atoms with Crippen LogP contribution < -0.4 is 5.32 Å². The van der Waals surface area contributed by atoms with E-state index in [1.165, 1.54) is 6.92 Å². The fourth-order valence-corrected chi connectivity index (χ4v) is 4.75. The van der Waals surface area contributed by atoms with Gasteiger partial charge in [-0.05, 0) is 32.4 Å². The summed E-state index contributed by atoms with van der Waals surface area (Å²) >= 11 is 1.55. The number of carbonyl (C=O) groups excluding carboxylic acids is 2. The van der Waals surface area contributed by atoms with Gasteiger partial charge >= 0.3 is 5.97 Å². The monoisotopic (exact) mass is 334 g/mol. The summed E-state index contributed by atoms with van der Waals surface area (Å²) in [4.78, 5) is 37.9. The summed E-state index contributed by atoms with van der Waals surface area (Å²) in [5.41, 5.74) is 1.53. The van der Waals surface area contributed by atoms with Crippen LogP contribution in [0.15, 0.2) is 24.3 Å². The molecule has 2 amide bonds. The van der Waals surface area contributed by atoms with Crippen molar-refractivity contribution < 1.29 is 19.5 Å². The molecule has 3 rings (SSSR count). The Morgan fingerprint density at radius 2 is 2.00 bits per heavy atom. The number of carbonyl (C=O) groups is 3. The van der Waals surface area contributed by atoms with Gasteiger partial charge in [0, 0.05) is 10.3 Å². The Morgan fingerprint density at radius 1 is 1.35 bits per heavy atom. The zero-order valence-electron chi connectivity index (χ0n) is 13.1. The van der Waals surface area contributed by atoms with E-state index in [1.54, 1.807) is 28.8 Å². The van der Waals surface area contributed by atoms with Crippen LogP contribution in [0.3, 0.4) is 0 Å². The lowest BCUT2D eigenvalue weighted by molar-refractivity contribution is -0.142. The molecule has 2 aliphatic rings. The zero-order chi connectivity index (χ0) is 16.9. The molecule has 1 aromatic carbocycles. The van der Waals surface area contributed by atoms with E-state index in [1.807, 2.05) is 26.0 Å². The first kappa shape index (κ1) is 15.9. The number of aliphatic carboxylic acids is 1. The van der Waals surface area contributed by atoms with Crippen LogP contribution in [-0.2, 0) is 9.59 Å². The van der Waals surface area contributed by atoms with Gasteiger partial charge in [-0.1, -0.05) is 18.2 Å². The van der Waals surface area contributed by atoms with Gasteiger partial charge in [-0.25, -0.2) is 0 Å². The van der Waals surface area contributed by atoms with Crippen molar-refractivity contribution >= 4 is 29.5 Å². The maximum Gasteiger partial charge on any atom is 0.325 e. The molecule has 122 valence electrons. The largest absolute Gasteiger partial charge is 0.480 e. The van der Waals surface area contributed by atoms with Crippen molar-refractivity contribution in [2.24, 2.45) is 0 Å². The fourth-order valence-electron chi connectivity index (χ4n) is 3.16. The van der Waals surface area contributed by atoms with E-state index in [4.69, 9.17) is 5.11 Å². The molecule has 3 atom stereocenters. The first-order valence-electron chi connectivity index (χ1n) is 7.36. The Morgan fingerprint density at radius 3 is 2.65 bits per heavy atom. The van der Waals surface area contributed by atoms with Crippen LogP contribution in [0.2, 0.25) is 0 Å². The van der Waals surface area contributed by atoms with E-state index in [9.17, 15) is 14.4 Å². The highest BCUT2D eigenvalue weighted by molar-refractivity contribution is 8.01. The van der Waals surface area contributed by atoms with Crippen LogP contribution >= 0.6 is 11.8 Å². The van der Waals surface area contributed by atoms with E-state index < -0.39 is 28.7 Å². The molecule has 2 aliphatic heterocycles. The van der Waals surface area contributed by atoms with Gasteiger partial charge < -0.3 is 15.3 Å². The maximum absolute atomic E-state index is 12.7. The molecule has 1 aromatic rings. The summed E-state index contributed by atoms with van der Waals surface area (Å²) in [5.74, 6) is -1.71. The minimum atomic E-state index is -1.10. The van der Waals surface area contributed by atoms with Crippen LogP contribution in [0.25, 0.3) is 0 Å². The number of rotatable bonds is 3. The molecule has 0 radical (unpaired) electrons. The number of carboxylic acid groups (broad SMARTS) is 1.